The second-order valence-electron chi connectivity index (χ2n) is 7.95. The van der Waals surface area contributed by atoms with Gasteiger partial charge in [-0.25, -0.2) is 0 Å². The van der Waals surface area contributed by atoms with Crippen LogP contribution in [0.2, 0.25) is 0 Å². The van der Waals surface area contributed by atoms with Gasteiger partial charge in [0.1, 0.15) is 5.75 Å². The molecule has 2 fully saturated rings. The van der Waals surface area contributed by atoms with Crippen LogP contribution in [0.4, 0.5) is 0 Å². The van der Waals surface area contributed by atoms with Crippen LogP contribution in [0.5, 0.6) is 5.75 Å². The molecule has 2 N–H and O–H groups in total. The maximum absolute atomic E-state index is 12.1. The van der Waals surface area contributed by atoms with Crippen molar-refractivity contribution in [3.63, 3.8) is 0 Å². The van der Waals surface area contributed by atoms with Crippen molar-refractivity contribution in [3.8, 4) is 5.75 Å². The Morgan fingerprint density at radius 2 is 2.00 bits per heavy atom. The fourth-order valence-electron chi connectivity index (χ4n) is 3.59. The zero-order valence-corrected chi connectivity index (χ0v) is 16.2. The molecule has 0 atom stereocenters. The molecule has 1 aromatic rings. The maximum Gasteiger partial charge on any atom is 0.317 e. The van der Waals surface area contributed by atoms with Crippen molar-refractivity contribution in [2.24, 2.45) is 5.92 Å². The van der Waals surface area contributed by atoms with Gasteiger partial charge in [-0.05, 0) is 62.6 Å². The zero-order chi connectivity index (χ0) is 19.4. The summed E-state index contributed by atoms with van der Waals surface area (Å²) in [5, 5.41) is 12.1. The molecule has 0 spiro atoms. The third-order valence-corrected chi connectivity index (χ3v) is 5.66. The first-order valence-electron chi connectivity index (χ1n) is 9.86. The van der Waals surface area contributed by atoms with Crippen molar-refractivity contribution in [1.29, 1.82) is 0 Å². The van der Waals surface area contributed by atoms with Gasteiger partial charge in [0, 0.05) is 18.6 Å². The lowest BCUT2D eigenvalue weighted by Gasteiger charge is -2.42. The third kappa shape index (κ3) is 5.70. The van der Waals surface area contributed by atoms with E-state index in [9.17, 15) is 9.59 Å². The topological polar surface area (TPSA) is 78.9 Å². The minimum atomic E-state index is -0.772. The van der Waals surface area contributed by atoms with E-state index in [2.05, 4.69) is 10.2 Å². The quantitative estimate of drug-likeness (QED) is 0.658. The van der Waals surface area contributed by atoms with Gasteiger partial charge in [0.15, 0.2) is 0 Å². The number of aliphatic carboxylic acids is 1. The highest BCUT2D eigenvalue weighted by molar-refractivity contribution is 5.76. The molecule has 6 heteroatoms. The smallest absolute Gasteiger partial charge is 0.317 e. The number of amides is 1. The molecule has 0 aromatic heterocycles. The molecule has 0 aliphatic heterocycles. The van der Waals surface area contributed by atoms with E-state index in [0.717, 1.165) is 30.7 Å². The van der Waals surface area contributed by atoms with Gasteiger partial charge in [0.25, 0.3) is 0 Å². The average Bonchev–Trinajstić information content (AvgIpc) is 3.37. The number of carbonyl (C=O) groups excluding carboxylic acids is 1. The molecule has 0 saturated heterocycles. The lowest BCUT2D eigenvalue weighted by molar-refractivity contribution is -0.140. The SMILES string of the molecule is Cc1cccc(OCCC(=O)NC2CC(N(CC(=O)O)CC3CC3)C2)c1C. The highest BCUT2D eigenvalue weighted by atomic mass is 16.5. The summed E-state index contributed by atoms with van der Waals surface area (Å²) in [7, 11) is 0. The number of benzene rings is 1. The molecule has 2 saturated carbocycles. The molecule has 2 aliphatic carbocycles. The number of aryl methyl sites for hydroxylation is 1. The normalized spacial score (nSPS) is 21.6. The Balaban J connectivity index is 1.35. The highest BCUT2D eigenvalue weighted by Crippen LogP contribution is 2.33. The summed E-state index contributed by atoms with van der Waals surface area (Å²) >= 11 is 0. The Labute approximate surface area is 160 Å². The Bertz CT molecular complexity index is 681. The van der Waals surface area contributed by atoms with Crippen LogP contribution in [0.25, 0.3) is 0 Å². The first kappa shape index (κ1) is 19.7. The highest BCUT2D eigenvalue weighted by Gasteiger charge is 2.37. The van der Waals surface area contributed by atoms with Crippen molar-refractivity contribution in [2.75, 3.05) is 19.7 Å². The zero-order valence-electron chi connectivity index (χ0n) is 16.2. The van der Waals surface area contributed by atoms with Crippen LogP contribution in [0, 0.1) is 19.8 Å². The number of nitrogens with one attached hydrogen (secondary N) is 1. The Hall–Kier alpha value is -2.08. The van der Waals surface area contributed by atoms with Gasteiger partial charge >= 0.3 is 5.97 Å². The third-order valence-electron chi connectivity index (χ3n) is 5.66. The monoisotopic (exact) mass is 374 g/mol. The number of hydrogen-bond donors (Lipinski definition) is 2. The fraction of sp³-hybridized carbons (Fsp3) is 0.619. The van der Waals surface area contributed by atoms with Crippen LogP contribution < -0.4 is 10.1 Å². The summed E-state index contributed by atoms with van der Waals surface area (Å²) < 4.78 is 5.74. The Morgan fingerprint density at radius 1 is 1.26 bits per heavy atom. The minimum Gasteiger partial charge on any atom is -0.493 e. The van der Waals surface area contributed by atoms with Gasteiger partial charge in [-0.3, -0.25) is 14.5 Å². The Morgan fingerprint density at radius 3 is 2.67 bits per heavy atom. The van der Waals surface area contributed by atoms with E-state index in [1.807, 2.05) is 32.0 Å². The molecule has 27 heavy (non-hydrogen) atoms. The van der Waals surface area contributed by atoms with E-state index in [0.29, 0.717) is 18.9 Å². The van der Waals surface area contributed by atoms with Crippen LogP contribution in [-0.2, 0) is 9.59 Å². The van der Waals surface area contributed by atoms with Gasteiger partial charge in [-0.1, -0.05) is 12.1 Å². The molecule has 0 unspecified atom stereocenters. The van der Waals surface area contributed by atoms with Crippen molar-refractivity contribution in [2.45, 2.75) is 58.0 Å². The first-order chi connectivity index (χ1) is 12.9. The lowest BCUT2D eigenvalue weighted by atomic mass is 9.85. The van der Waals surface area contributed by atoms with Crippen LogP contribution >= 0.6 is 0 Å². The second-order valence-corrected chi connectivity index (χ2v) is 7.95. The number of ether oxygens (including phenoxy) is 1. The standard InChI is InChI=1S/C21H30N2O4/c1-14-4-3-5-19(15(14)2)27-9-8-20(24)22-17-10-18(11-17)23(13-21(25)26)12-16-6-7-16/h3-5,16-18H,6-13H2,1-2H3,(H,22,24)(H,25,26). The van der Waals surface area contributed by atoms with E-state index in [1.165, 1.54) is 18.4 Å². The number of rotatable bonds is 10. The molecular formula is C21H30N2O4. The predicted octanol–water partition coefficient (Wildman–Crippen LogP) is 2.52. The molecular weight excluding hydrogens is 344 g/mol. The van der Waals surface area contributed by atoms with Gasteiger partial charge in [-0.2, -0.15) is 0 Å². The van der Waals surface area contributed by atoms with Crippen LogP contribution in [0.1, 0.15) is 43.2 Å². The summed E-state index contributed by atoms with van der Waals surface area (Å²) in [4.78, 5) is 25.3. The second kappa shape index (κ2) is 8.74. The average molecular weight is 374 g/mol. The Kier molecular flexibility index (Phi) is 6.37. The van der Waals surface area contributed by atoms with Crippen molar-refractivity contribution in [1.82, 2.24) is 10.2 Å². The van der Waals surface area contributed by atoms with Crippen LogP contribution in [0.3, 0.4) is 0 Å². The number of carbonyl (C=O) groups is 2. The molecule has 148 valence electrons. The number of hydrogen-bond acceptors (Lipinski definition) is 4. The van der Waals surface area contributed by atoms with E-state index in [4.69, 9.17) is 9.84 Å². The predicted molar refractivity (Wildman–Crippen MR) is 103 cm³/mol. The maximum atomic E-state index is 12.1. The van der Waals surface area contributed by atoms with Gasteiger partial charge in [0.05, 0.1) is 19.6 Å². The molecule has 3 rings (SSSR count). The lowest BCUT2D eigenvalue weighted by Crippen LogP contribution is -2.55. The summed E-state index contributed by atoms with van der Waals surface area (Å²) in [6.07, 6.45) is 4.43. The van der Waals surface area contributed by atoms with Crippen LogP contribution in [-0.4, -0.2) is 53.7 Å². The van der Waals surface area contributed by atoms with Crippen molar-refractivity contribution in [3.05, 3.63) is 29.3 Å². The number of nitrogens with zero attached hydrogens (tertiary/aromatic N) is 1. The van der Waals surface area contributed by atoms with E-state index in [-0.39, 0.29) is 24.5 Å². The van der Waals surface area contributed by atoms with E-state index < -0.39 is 5.97 Å². The summed E-state index contributed by atoms with van der Waals surface area (Å²) in [5.41, 5.74) is 2.28. The van der Waals surface area contributed by atoms with Crippen LogP contribution in [0.15, 0.2) is 18.2 Å². The molecule has 1 amide bonds. The minimum absolute atomic E-state index is 0.00395. The van der Waals surface area contributed by atoms with E-state index in [1.54, 1.807) is 0 Å². The summed E-state index contributed by atoms with van der Waals surface area (Å²) in [6.45, 7) is 5.40. The number of carboxylic acids is 1. The van der Waals surface area contributed by atoms with Crippen molar-refractivity contribution < 1.29 is 19.4 Å². The molecule has 0 radical (unpaired) electrons. The molecule has 6 nitrogen and oxygen atoms in total. The van der Waals surface area contributed by atoms with E-state index >= 15 is 0 Å². The summed E-state index contributed by atoms with van der Waals surface area (Å²) in [6, 6.07) is 6.35. The largest absolute Gasteiger partial charge is 0.493 e. The first-order valence-corrected chi connectivity index (χ1v) is 9.86. The van der Waals surface area contributed by atoms with Crippen molar-refractivity contribution >= 4 is 11.9 Å². The molecule has 0 heterocycles. The van der Waals surface area contributed by atoms with Gasteiger partial charge in [-0.15, -0.1) is 0 Å². The van der Waals surface area contributed by atoms with Gasteiger partial charge in [0.2, 0.25) is 5.91 Å². The summed E-state index contributed by atoms with van der Waals surface area (Å²) in [5.74, 6) is 0.721. The molecule has 2 aliphatic rings. The fourth-order valence-corrected chi connectivity index (χ4v) is 3.59. The molecule has 1 aromatic carbocycles. The number of carboxylic acid groups (broad SMARTS) is 1. The van der Waals surface area contributed by atoms with Gasteiger partial charge < -0.3 is 15.2 Å². The molecule has 0 bridgehead atoms.